The maximum absolute atomic E-state index is 4.33. The van der Waals surface area contributed by atoms with E-state index in [1.54, 1.807) is 13.2 Å². The number of guanidine groups is 1. The second kappa shape index (κ2) is 10.8. The average Bonchev–Trinajstić information content (AvgIpc) is 3.16. The van der Waals surface area contributed by atoms with E-state index in [4.69, 9.17) is 0 Å². The van der Waals surface area contributed by atoms with Gasteiger partial charge in [-0.25, -0.2) is 0 Å². The smallest absolute Gasteiger partial charge is 0.191 e. The Hall–Kier alpha value is -2.35. The lowest BCUT2D eigenvalue weighted by Crippen LogP contribution is -2.36. The van der Waals surface area contributed by atoms with Crippen LogP contribution in [0.15, 0.2) is 65.9 Å². The van der Waals surface area contributed by atoms with E-state index >= 15 is 0 Å². The molecule has 28 heavy (non-hydrogen) atoms. The van der Waals surface area contributed by atoms with Crippen molar-refractivity contribution in [3.63, 3.8) is 0 Å². The van der Waals surface area contributed by atoms with Crippen molar-refractivity contribution in [2.45, 2.75) is 33.5 Å². The van der Waals surface area contributed by atoms with E-state index in [0.717, 1.165) is 25.6 Å². The molecular formula is C22H28IN5. The Kier molecular flexibility index (Phi) is 8.50. The Morgan fingerprint density at radius 2 is 1.79 bits per heavy atom. The van der Waals surface area contributed by atoms with E-state index < -0.39 is 0 Å². The molecule has 0 saturated heterocycles. The van der Waals surface area contributed by atoms with Crippen molar-refractivity contribution < 1.29 is 0 Å². The van der Waals surface area contributed by atoms with Gasteiger partial charge in [0.1, 0.15) is 0 Å². The van der Waals surface area contributed by atoms with Crippen LogP contribution in [0.3, 0.4) is 0 Å². The maximum Gasteiger partial charge on any atom is 0.191 e. The van der Waals surface area contributed by atoms with E-state index in [-0.39, 0.29) is 24.0 Å². The number of benzene rings is 2. The first kappa shape index (κ1) is 21.9. The molecule has 3 rings (SSSR count). The largest absolute Gasteiger partial charge is 0.352 e. The molecule has 1 heterocycles. The van der Waals surface area contributed by atoms with Crippen LogP contribution in [0.1, 0.15) is 27.8 Å². The molecule has 0 aliphatic carbocycles. The van der Waals surface area contributed by atoms with Crippen molar-refractivity contribution in [2.75, 3.05) is 7.05 Å². The van der Waals surface area contributed by atoms with Gasteiger partial charge in [0.05, 0.1) is 6.54 Å². The molecule has 0 saturated carbocycles. The van der Waals surface area contributed by atoms with Crippen LogP contribution in [0.5, 0.6) is 0 Å². The Bertz CT molecular complexity index is 903. The van der Waals surface area contributed by atoms with Gasteiger partial charge in [-0.1, -0.05) is 48.0 Å². The second-order valence-corrected chi connectivity index (χ2v) is 6.73. The second-order valence-electron chi connectivity index (χ2n) is 6.73. The number of halogens is 1. The number of hydrogen-bond donors (Lipinski definition) is 2. The molecule has 0 fully saturated rings. The third kappa shape index (κ3) is 6.37. The third-order valence-corrected chi connectivity index (χ3v) is 4.52. The number of nitrogens with one attached hydrogen (secondary N) is 2. The highest BCUT2D eigenvalue weighted by molar-refractivity contribution is 14.0. The van der Waals surface area contributed by atoms with Crippen molar-refractivity contribution in [1.82, 2.24) is 20.4 Å². The van der Waals surface area contributed by atoms with Gasteiger partial charge in [-0.05, 0) is 42.2 Å². The standard InChI is InChI=1S/C22H27N5.HI/c1-17-8-9-21(18(2)12-17)15-25-22(23-3)24-14-19-6-4-7-20(13-19)16-27-11-5-10-26-27;/h4-13H,14-16H2,1-3H3,(H2,23,24,25);1H. The van der Waals surface area contributed by atoms with Crippen molar-refractivity contribution in [1.29, 1.82) is 0 Å². The summed E-state index contributed by atoms with van der Waals surface area (Å²) in [5, 5.41) is 11.0. The predicted octanol–water partition coefficient (Wildman–Crippen LogP) is 4.03. The summed E-state index contributed by atoms with van der Waals surface area (Å²) in [6.45, 7) is 6.52. The molecule has 2 aromatic carbocycles. The van der Waals surface area contributed by atoms with Crippen LogP contribution in [0.4, 0.5) is 0 Å². The van der Waals surface area contributed by atoms with Crippen LogP contribution in [0.2, 0.25) is 0 Å². The van der Waals surface area contributed by atoms with Crippen molar-refractivity contribution in [3.8, 4) is 0 Å². The predicted molar refractivity (Wildman–Crippen MR) is 126 cm³/mol. The minimum Gasteiger partial charge on any atom is -0.352 e. The molecular weight excluding hydrogens is 461 g/mol. The lowest BCUT2D eigenvalue weighted by atomic mass is 10.1. The summed E-state index contributed by atoms with van der Waals surface area (Å²) in [6.07, 6.45) is 3.78. The lowest BCUT2D eigenvalue weighted by molar-refractivity contribution is 0.685. The highest BCUT2D eigenvalue weighted by Crippen LogP contribution is 2.10. The van der Waals surface area contributed by atoms with Crippen molar-refractivity contribution in [2.24, 2.45) is 4.99 Å². The highest BCUT2D eigenvalue weighted by atomic mass is 127. The molecule has 3 aromatic rings. The number of hydrogen-bond acceptors (Lipinski definition) is 2. The quantitative estimate of drug-likeness (QED) is 0.313. The zero-order valence-electron chi connectivity index (χ0n) is 16.6. The zero-order chi connectivity index (χ0) is 19.1. The van der Waals surface area contributed by atoms with Crippen LogP contribution in [0.25, 0.3) is 0 Å². The van der Waals surface area contributed by atoms with Crippen LogP contribution >= 0.6 is 24.0 Å². The fraction of sp³-hybridized carbons (Fsp3) is 0.273. The summed E-state index contributed by atoms with van der Waals surface area (Å²) in [4.78, 5) is 4.33. The van der Waals surface area contributed by atoms with E-state index in [0.29, 0.717) is 0 Å². The fourth-order valence-corrected chi connectivity index (χ4v) is 3.05. The van der Waals surface area contributed by atoms with Gasteiger partial charge in [-0.3, -0.25) is 9.67 Å². The first-order valence-electron chi connectivity index (χ1n) is 9.20. The summed E-state index contributed by atoms with van der Waals surface area (Å²) in [7, 11) is 1.80. The van der Waals surface area contributed by atoms with Gasteiger partial charge < -0.3 is 10.6 Å². The zero-order valence-corrected chi connectivity index (χ0v) is 19.0. The molecule has 148 valence electrons. The summed E-state index contributed by atoms with van der Waals surface area (Å²) in [5.41, 5.74) is 6.31. The topological polar surface area (TPSA) is 54.2 Å². The summed E-state index contributed by atoms with van der Waals surface area (Å²) in [5.74, 6) is 0.799. The van der Waals surface area contributed by atoms with Crippen molar-refractivity contribution >= 4 is 29.9 Å². The van der Waals surface area contributed by atoms with E-state index in [2.05, 4.69) is 77.0 Å². The minimum absolute atomic E-state index is 0. The number of aryl methyl sites for hydroxylation is 2. The Morgan fingerprint density at radius 3 is 2.50 bits per heavy atom. The Morgan fingerprint density at radius 1 is 1.00 bits per heavy atom. The first-order chi connectivity index (χ1) is 13.1. The summed E-state index contributed by atoms with van der Waals surface area (Å²) in [6, 6.07) is 17.0. The first-order valence-corrected chi connectivity index (χ1v) is 9.20. The molecule has 0 aliphatic heterocycles. The fourth-order valence-electron chi connectivity index (χ4n) is 3.05. The van der Waals surface area contributed by atoms with E-state index in [9.17, 15) is 0 Å². The average molecular weight is 489 g/mol. The van der Waals surface area contributed by atoms with Gasteiger partial charge in [-0.15, -0.1) is 24.0 Å². The van der Waals surface area contributed by atoms with E-state index in [1.807, 2.05) is 16.9 Å². The number of aliphatic imine (C=N–C) groups is 1. The van der Waals surface area contributed by atoms with Gasteiger partial charge in [0.25, 0.3) is 0 Å². The molecule has 2 N–H and O–H groups in total. The Labute approximate surface area is 184 Å². The van der Waals surface area contributed by atoms with Crippen LogP contribution in [-0.4, -0.2) is 22.8 Å². The lowest BCUT2D eigenvalue weighted by Gasteiger charge is -2.14. The summed E-state index contributed by atoms with van der Waals surface area (Å²) >= 11 is 0. The molecule has 0 bridgehead atoms. The van der Waals surface area contributed by atoms with Crippen LogP contribution in [-0.2, 0) is 19.6 Å². The van der Waals surface area contributed by atoms with Gasteiger partial charge >= 0.3 is 0 Å². The third-order valence-electron chi connectivity index (χ3n) is 4.52. The minimum atomic E-state index is 0. The molecule has 0 amide bonds. The normalized spacial score (nSPS) is 11.0. The molecule has 0 aliphatic rings. The number of rotatable bonds is 6. The van der Waals surface area contributed by atoms with Gasteiger partial charge in [-0.2, -0.15) is 5.10 Å². The van der Waals surface area contributed by atoms with Gasteiger partial charge in [0.2, 0.25) is 0 Å². The number of nitrogens with zero attached hydrogens (tertiary/aromatic N) is 3. The Balaban J connectivity index is 0.00000280. The molecule has 0 spiro atoms. The number of aromatic nitrogens is 2. The molecule has 0 unspecified atom stereocenters. The molecule has 5 nitrogen and oxygen atoms in total. The monoisotopic (exact) mass is 489 g/mol. The highest BCUT2D eigenvalue weighted by Gasteiger charge is 2.03. The molecule has 1 aromatic heterocycles. The van der Waals surface area contributed by atoms with Gasteiger partial charge in [0.15, 0.2) is 5.96 Å². The van der Waals surface area contributed by atoms with Crippen LogP contribution in [0, 0.1) is 13.8 Å². The molecule has 0 radical (unpaired) electrons. The van der Waals surface area contributed by atoms with Crippen LogP contribution < -0.4 is 10.6 Å². The van der Waals surface area contributed by atoms with Crippen molar-refractivity contribution in [3.05, 3.63) is 88.7 Å². The SMILES string of the molecule is CN=C(NCc1cccc(Cn2cccn2)c1)NCc1ccc(C)cc1C.I. The van der Waals surface area contributed by atoms with Gasteiger partial charge in [0, 0.05) is 32.5 Å². The summed E-state index contributed by atoms with van der Waals surface area (Å²) < 4.78 is 1.93. The van der Waals surface area contributed by atoms with E-state index in [1.165, 1.54) is 27.8 Å². The maximum atomic E-state index is 4.33. The molecule has 6 heteroatoms. The molecule has 0 atom stereocenters.